The van der Waals surface area contributed by atoms with E-state index in [1.165, 1.54) is 0 Å². The van der Waals surface area contributed by atoms with Gasteiger partial charge in [-0.2, -0.15) is 0 Å². The van der Waals surface area contributed by atoms with E-state index < -0.39 is 0 Å². The Balaban J connectivity index is 0.00000288. The average Bonchev–Trinajstić information content (AvgIpc) is 2.60. The average molecular weight is 391 g/mol. The molecule has 7 heteroatoms. The molecule has 1 aliphatic heterocycles. The monoisotopic (exact) mass is 390 g/mol. The van der Waals surface area contributed by atoms with Crippen molar-refractivity contribution in [2.24, 2.45) is 5.92 Å². The van der Waals surface area contributed by atoms with Crippen LogP contribution in [-0.2, 0) is 0 Å². The molecule has 2 rings (SSSR count). The van der Waals surface area contributed by atoms with E-state index in [1.807, 2.05) is 24.1 Å². The van der Waals surface area contributed by atoms with Gasteiger partial charge in [0.1, 0.15) is 5.82 Å². The van der Waals surface area contributed by atoms with E-state index in [-0.39, 0.29) is 30.7 Å². The van der Waals surface area contributed by atoms with Crippen LogP contribution in [0.1, 0.15) is 43.5 Å². The largest absolute Gasteiger partial charge is 0.357 e. The highest BCUT2D eigenvalue weighted by molar-refractivity contribution is 5.94. The van der Waals surface area contributed by atoms with Gasteiger partial charge in [-0.15, -0.1) is 24.8 Å². The molecule has 1 amide bonds. The first-order chi connectivity index (χ1) is 11.2. The van der Waals surface area contributed by atoms with Gasteiger partial charge in [0.25, 0.3) is 5.91 Å². The standard InChI is InChI=1S/C18H30N4O.2ClH/c1-4-10-21(5-2)17-7-6-16(14-20-17)18(23)22-11-8-15(9-12-22)13-19-3;;/h6-7,14-15,19H,4-5,8-13H2,1-3H3;2*1H. The van der Waals surface area contributed by atoms with Crippen molar-refractivity contribution in [3.8, 4) is 0 Å². The number of halogens is 2. The maximum Gasteiger partial charge on any atom is 0.255 e. The summed E-state index contributed by atoms with van der Waals surface area (Å²) in [6.45, 7) is 8.98. The van der Waals surface area contributed by atoms with E-state index >= 15 is 0 Å². The third-order valence-electron chi connectivity index (χ3n) is 4.59. The van der Waals surface area contributed by atoms with Gasteiger partial charge < -0.3 is 15.1 Å². The Hall–Kier alpha value is -1.04. The third-order valence-corrected chi connectivity index (χ3v) is 4.59. The van der Waals surface area contributed by atoms with Gasteiger partial charge in [0.2, 0.25) is 0 Å². The summed E-state index contributed by atoms with van der Waals surface area (Å²) in [7, 11) is 1.99. The summed E-state index contributed by atoms with van der Waals surface area (Å²) in [4.78, 5) is 21.3. The van der Waals surface area contributed by atoms with Crippen LogP contribution in [0, 0.1) is 5.92 Å². The van der Waals surface area contributed by atoms with Gasteiger partial charge in [-0.25, -0.2) is 4.98 Å². The first-order valence-corrected chi connectivity index (χ1v) is 8.84. The van der Waals surface area contributed by atoms with Crippen LogP contribution in [-0.4, -0.2) is 55.6 Å². The van der Waals surface area contributed by atoms with Crippen LogP contribution in [0.2, 0.25) is 0 Å². The van der Waals surface area contributed by atoms with Crippen molar-refractivity contribution in [2.75, 3.05) is 44.7 Å². The van der Waals surface area contributed by atoms with Crippen molar-refractivity contribution < 1.29 is 4.79 Å². The molecule has 0 radical (unpaired) electrons. The molecule has 0 spiro atoms. The summed E-state index contributed by atoms with van der Waals surface area (Å²) in [5.41, 5.74) is 0.702. The molecule has 1 aromatic heterocycles. The van der Waals surface area contributed by atoms with Crippen LogP contribution in [0.5, 0.6) is 0 Å². The van der Waals surface area contributed by atoms with Crippen molar-refractivity contribution in [3.05, 3.63) is 23.9 Å². The lowest BCUT2D eigenvalue weighted by molar-refractivity contribution is 0.0690. The SMILES string of the molecule is CCCN(CC)c1ccc(C(=O)N2CCC(CNC)CC2)cn1.Cl.Cl. The van der Waals surface area contributed by atoms with Crippen LogP contribution >= 0.6 is 24.8 Å². The van der Waals surface area contributed by atoms with E-state index in [0.717, 1.165) is 57.8 Å². The molecule has 0 aromatic carbocycles. The van der Waals surface area contributed by atoms with Crippen LogP contribution in [0.4, 0.5) is 5.82 Å². The number of rotatable bonds is 7. The molecule has 1 fully saturated rings. The van der Waals surface area contributed by atoms with Gasteiger partial charge in [0.05, 0.1) is 5.56 Å². The predicted octanol–water partition coefficient (Wildman–Crippen LogP) is 3.23. The van der Waals surface area contributed by atoms with Gasteiger partial charge in [-0.05, 0) is 57.8 Å². The molecule has 144 valence electrons. The highest BCUT2D eigenvalue weighted by Crippen LogP contribution is 2.19. The van der Waals surface area contributed by atoms with Gasteiger partial charge in [0, 0.05) is 32.4 Å². The summed E-state index contributed by atoms with van der Waals surface area (Å²) < 4.78 is 0. The lowest BCUT2D eigenvalue weighted by Gasteiger charge is -2.32. The molecule has 5 nitrogen and oxygen atoms in total. The number of carbonyl (C=O) groups excluding carboxylic acids is 1. The molecule has 1 aromatic rings. The van der Waals surface area contributed by atoms with Crippen molar-refractivity contribution >= 4 is 36.5 Å². The van der Waals surface area contributed by atoms with Crippen molar-refractivity contribution in [2.45, 2.75) is 33.1 Å². The highest BCUT2D eigenvalue weighted by atomic mass is 35.5. The number of nitrogens with zero attached hydrogens (tertiary/aromatic N) is 3. The Morgan fingerprint density at radius 2 is 1.96 bits per heavy atom. The fraction of sp³-hybridized carbons (Fsp3) is 0.667. The zero-order valence-electron chi connectivity index (χ0n) is 15.5. The van der Waals surface area contributed by atoms with E-state index in [2.05, 4.69) is 29.0 Å². The van der Waals surface area contributed by atoms with Crippen molar-refractivity contribution in [1.29, 1.82) is 0 Å². The molecule has 1 aliphatic rings. The summed E-state index contributed by atoms with van der Waals surface area (Å²) in [6.07, 6.45) is 4.99. The predicted molar refractivity (Wildman–Crippen MR) is 109 cm³/mol. The Kier molecular flexibility index (Phi) is 11.8. The maximum absolute atomic E-state index is 12.6. The first kappa shape index (κ1) is 24.0. The van der Waals surface area contributed by atoms with Crippen LogP contribution in [0.25, 0.3) is 0 Å². The van der Waals surface area contributed by atoms with Crippen LogP contribution < -0.4 is 10.2 Å². The second kappa shape index (κ2) is 12.3. The summed E-state index contributed by atoms with van der Waals surface area (Å²) in [6, 6.07) is 3.89. The molecule has 0 atom stereocenters. The quantitative estimate of drug-likeness (QED) is 0.775. The Bertz CT molecular complexity index is 490. The normalized spacial score (nSPS) is 14.4. The second-order valence-electron chi connectivity index (χ2n) is 6.28. The lowest BCUT2D eigenvalue weighted by Crippen LogP contribution is -2.40. The Labute approximate surface area is 164 Å². The van der Waals surface area contributed by atoms with Gasteiger partial charge in [-0.3, -0.25) is 4.79 Å². The molecular formula is C18H32Cl2N4O. The number of carbonyl (C=O) groups is 1. The number of pyridine rings is 1. The number of anilines is 1. The fourth-order valence-electron chi connectivity index (χ4n) is 3.22. The number of likely N-dealkylation sites (tertiary alicyclic amines) is 1. The molecule has 0 unspecified atom stereocenters. The molecule has 25 heavy (non-hydrogen) atoms. The highest BCUT2D eigenvalue weighted by Gasteiger charge is 2.23. The maximum atomic E-state index is 12.6. The van der Waals surface area contributed by atoms with E-state index in [1.54, 1.807) is 6.20 Å². The minimum Gasteiger partial charge on any atom is -0.357 e. The number of amides is 1. The lowest BCUT2D eigenvalue weighted by atomic mass is 9.96. The number of aromatic nitrogens is 1. The van der Waals surface area contributed by atoms with Gasteiger partial charge in [0.15, 0.2) is 0 Å². The molecule has 0 bridgehead atoms. The molecular weight excluding hydrogens is 359 g/mol. The van der Waals surface area contributed by atoms with Crippen LogP contribution in [0.3, 0.4) is 0 Å². The molecule has 0 saturated carbocycles. The van der Waals surface area contributed by atoms with E-state index in [4.69, 9.17) is 0 Å². The number of hydrogen-bond donors (Lipinski definition) is 1. The number of hydrogen-bond acceptors (Lipinski definition) is 4. The Morgan fingerprint density at radius 3 is 2.44 bits per heavy atom. The minimum absolute atomic E-state index is 0. The van der Waals surface area contributed by atoms with E-state index in [0.29, 0.717) is 11.5 Å². The zero-order chi connectivity index (χ0) is 16.7. The fourth-order valence-corrected chi connectivity index (χ4v) is 3.22. The summed E-state index contributed by atoms with van der Waals surface area (Å²) in [5.74, 6) is 1.76. The van der Waals surface area contributed by atoms with Gasteiger partial charge in [-0.1, -0.05) is 6.92 Å². The third kappa shape index (κ3) is 6.65. The van der Waals surface area contributed by atoms with Crippen LogP contribution in [0.15, 0.2) is 18.3 Å². The van der Waals surface area contributed by atoms with Crippen molar-refractivity contribution in [3.63, 3.8) is 0 Å². The number of piperidine rings is 1. The first-order valence-electron chi connectivity index (χ1n) is 8.84. The minimum atomic E-state index is 0. The zero-order valence-corrected chi connectivity index (χ0v) is 17.2. The number of nitrogens with one attached hydrogen (secondary N) is 1. The summed E-state index contributed by atoms with van der Waals surface area (Å²) in [5, 5.41) is 3.23. The topological polar surface area (TPSA) is 48.5 Å². The summed E-state index contributed by atoms with van der Waals surface area (Å²) >= 11 is 0. The van der Waals surface area contributed by atoms with Gasteiger partial charge >= 0.3 is 0 Å². The Morgan fingerprint density at radius 1 is 1.28 bits per heavy atom. The smallest absolute Gasteiger partial charge is 0.255 e. The molecule has 0 aliphatic carbocycles. The second-order valence-corrected chi connectivity index (χ2v) is 6.28. The molecule has 1 N–H and O–H groups in total. The van der Waals surface area contributed by atoms with Crippen molar-refractivity contribution in [1.82, 2.24) is 15.2 Å². The molecule has 2 heterocycles. The van der Waals surface area contributed by atoms with E-state index in [9.17, 15) is 4.79 Å². The molecule has 1 saturated heterocycles.